The fraction of sp³-hybridized carbons (Fsp3) is 0.132. The number of anilines is 2. The van der Waals surface area contributed by atoms with Gasteiger partial charge in [0.2, 0.25) is 0 Å². The Labute approximate surface area is 605 Å². The molecule has 0 aliphatic rings. The first-order valence-electron chi connectivity index (χ1n) is 30.0. The van der Waals surface area contributed by atoms with Crippen LogP contribution in [0.4, 0.5) is 51.2 Å². The van der Waals surface area contributed by atoms with Crippen LogP contribution in [-0.4, -0.2) is 94.4 Å². The van der Waals surface area contributed by atoms with E-state index in [0.29, 0.717) is 44.3 Å². The van der Waals surface area contributed by atoms with Crippen LogP contribution in [-0.2, 0) is 69.0 Å². The van der Waals surface area contributed by atoms with E-state index in [2.05, 4.69) is 57.8 Å². The molecule has 0 atom stereocenters. The van der Waals surface area contributed by atoms with Gasteiger partial charge in [-0.25, -0.2) is 9.57 Å². The van der Waals surface area contributed by atoms with E-state index in [1.165, 1.54) is 55.1 Å². The van der Waals surface area contributed by atoms with Crippen LogP contribution < -0.4 is 17.0 Å². The van der Waals surface area contributed by atoms with Gasteiger partial charge in [0, 0.05) is 51.6 Å². The predicted octanol–water partition coefficient (Wildman–Crippen LogP) is 15.5. The first-order valence-corrected chi connectivity index (χ1v) is 35.7. The Balaban J connectivity index is 0.000000195. The number of nitrogens with two attached hydrogens (primary N) is 2. The molecule has 31 nitrogen and oxygen atoms in total. The van der Waals surface area contributed by atoms with Gasteiger partial charge in [-0.2, -0.15) is 49.0 Å². The molecule has 10 aromatic carbocycles. The van der Waals surface area contributed by atoms with Gasteiger partial charge in [0.25, 0.3) is 46.0 Å². The zero-order chi connectivity index (χ0) is 75.8. The molecule has 0 bridgehead atoms. The number of benzene rings is 10. The molecule has 1 aromatic heterocycles. The Hall–Kier alpha value is -11.0. The van der Waals surface area contributed by atoms with Gasteiger partial charge in [-0.15, -0.1) is 25.6 Å². The molecule has 14 N–H and O–H groups in total. The van der Waals surface area contributed by atoms with E-state index in [0.717, 1.165) is 56.7 Å². The van der Waals surface area contributed by atoms with E-state index in [9.17, 15) is 72.6 Å². The number of aryl methyl sites for hydroxylation is 6. The summed E-state index contributed by atoms with van der Waals surface area (Å²) in [5.74, 6) is -1.05. The normalized spacial score (nSPS) is 12.1. The van der Waals surface area contributed by atoms with Crippen molar-refractivity contribution >= 4 is 130 Å². The molecule has 11 aromatic rings. The number of fused-ring (bicyclic) bond motifs is 3. The molecule has 11 rings (SSSR count). The van der Waals surface area contributed by atoms with Crippen molar-refractivity contribution in [3.63, 3.8) is 0 Å². The Bertz CT molecular complexity index is 5870. The summed E-state index contributed by atoms with van der Waals surface area (Å²) in [6.07, 6.45) is 3.03. The maximum absolute atomic E-state index is 12.2. The van der Waals surface area contributed by atoms with Crippen molar-refractivity contribution in [3.05, 3.63) is 207 Å². The third kappa shape index (κ3) is 19.0. The third-order valence-corrected chi connectivity index (χ3v) is 18.8. The van der Waals surface area contributed by atoms with E-state index < -0.39 is 83.6 Å². The number of aromatic hydroxyl groups is 4. The summed E-state index contributed by atoms with van der Waals surface area (Å²) in [5.41, 5.74) is 18.3. The topological polar surface area (TPSA) is 517 Å². The SMILES string of the molecule is C/C=C/c1ccc(N=Nc2c(S(=O)(=O)O)cc3cc(C)cc(N)c3c2O)cc1S(=O)(=O)O.CN=Nc1c(COO)[nH]n(-c2ccc(S(=O)(=O)O)cc2)c1=O.Cc1ccc(N=Nc2c(C)cc3ccc(N)cc3c2O)cc1C.Cc1ccc2cc(S(=O)(=O)O)c(N=Nc3cccc(C)c3O)c(O)c2c1.[Cu]. The summed E-state index contributed by atoms with van der Waals surface area (Å²) in [5, 5.41) is 86.6. The van der Waals surface area contributed by atoms with Crippen molar-refractivity contribution in [1.29, 1.82) is 0 Å². The van der Waals surface area contributed by atoms with Crippen molar-refractivity contribution in [1.82, 2.24) is 9.78 Å². The number of aromatic amines is 1. The maximum Gasteiger partial charge on any atom is 0.299 e. The minimum Gasteiger partial charge on any atom is -0.505 e. The Morgan fingerprint density at radius 2 is 1.07 bits per heavy atom. The fourth-order valence-corrected chi connectivity index (χ4v) is 12.6. The van der Waals surface area contributed by atoms with Crippen LogP contribution in [0.1, 0.15) is 51.6 Å². The minimum absolute atomic E-state index is 0. The fourth-order valence-electron chi connectivity index (χ4n) is 10.1. The summed E-state index contributed by atoms with van der Waals surface area (Å²) in [6, 6.07) is 37.3. The molecule has 0 saturated carbocycles. The van der Waals surface area contributed by atoms with Gasteiger partial charge >= 0.3 is 0 Å². The van der Waals surface area contributed by atoms with Crippen LogP contribution >= 0.6 is 0 Å². The first kappa shape index (κ1) is 80.3. The number of nitrogens with one attached hydrogen (secondary N) is 1. The van der Waals surface area contributed by atoms with Gasteiger partial charge in [-0.3, -0.25) is 33.4 Å². The zero-order valence-corrected chi connectivity index (χ0v) is 60.1. The standard InChI is InChI=1S/C20H19N3O7S2.C19H19N3O.C18H16N2O5S.C11H12N4O6S.Cu/c1-3-4-12-5-6-14(10-16(12)31(25,26)27)22-23-19-17(32(28,29)30)9-13-7-11(2)8-15(21)18(13)20(19)24;1-11-4-7-16(9-12(11)2)21-22-18-13(3)8-14-5-6-15(20)10-17(14)19(18)23;1-10-6-7-12-9-15(26(23,24)25)16(18(22)13(12)8-10)20-19-14-5-3-4-11(2)17(14)21;1-12-13-10-9(6-21-17)14-15(11(10)16)7-2-4-8(5-3-7)22(18,19)20;/h3-10,24H,21H2,1-2H3,(H,25,26,27)(H,28,29,30);4-10,23H,20H2,1-3H3;3-9,21-22H,1-2H3,(H,23,24,25);2-5,14,17H,6H2,1H3,(H,18,19,20);/b4-3+,23-22?;;;;. The number of aromatic nitrogens is 2. The number of nitrogens with zero attached hydrogens (tertiary/aromatic N) is 9. The molecule has 1 radical (unpaired) electrons. The molecule has 104 heavy (non-hydrogen) atoms. The van der Waals surface area contributed by atoms with Crippen molar-refractivity contribution in [2.45, 2.75) is 74.7 Å². The van der Waals surface area contributed by atoms with Gasteiger partial charge < -0.3 is 31.9 Å². The summed E-state index contributed by atoms with van der Waals surface area (Å²) < 4.78 is 131. The number of nitrogen functional groups attached to an aromatic ring is 2. The van der Waals surface area contributed by atoms with Crippen LogP contribution in [0.15, 0.2) is 217 Å². The zero-order valence-electron chi connectivity index (χ0n) is 55.9. The van der Waals surface area contributed by atoms with Crippen molar-refractivity contribution in [2.24, 2.45) is 40.9 Å². The molecule has 0 aliphatic heterocycles. The van der Waals surface area contributed by atoms with Crippen LogP contribution in [0.25, 0.3) is 44.1 Å². The van der Waals surface area contributed by atoms with Gasteiger partial charge in [0.05, 0.1) is 27.7 Å². The number of allylic oxidation sites excluding steroid dienone is 1. The number of hydrogen-bond acceptors (Lipinski definition) is 25. The van der Waals surface area contributed by atoms with E-state index in [4.69, 9.17) is 21.3 Å². The number of phenols is 4. The average molecular weight is 1550 g/mol. The summed E-state index contributed by atoms with van der Waals surface area (Å²) in [4.78, 5) is 14.2. The van der Waals surface area contributed by atoms with Gasteiger partial charge in [-0.1, -0.05) is 66.2 Å². The average Bonchev–Trinajstić information content (AvgIpc) is 0.935. The number of phenolic OH excluding ortho intramolecular Hbond substituents is 4. The molecule has 36 heteroatoms. The van der Waals surface area contributed by atoms with Crippen LogP contribution in [0, 0.1) is 41.5 Å². The molecule has 1 heterocycles. The monoisotopic (exact) mass is 1550 g/mol. The summed E-state index contributed by atoms with van der Waals surface area (Å²) >= 11 is 0. The van der Waals surface area contributed by atoms with E-state index in [1.54, 1.807) is 75.4 Å². The largest absolute Gasteiger partial charge is 0.505 e. The van der Waals surface area contributed by atoms with E-state index >= 15 is 0 Å². The molecule has 0 spiro atoms. The number of H-pyrrole nitrogens is 1. The van der Waals surface area contributed by atoms with Crippen molar-refractivity contribution in [3.8, 4) is 28.7 Å². The van der Waals surface area contributed by atoms with Crippen LogP contribution in [0.5, 0.6) is 23.0 Å². The second-order valence-electron chi connectivity index (χ2n) is 22.8. The number of para-hydroxylation sites is 1. The Morgan fingerprint density at radius 3 is 1.67 bits per heavy atom. The quantitative estimate of drug-likeness (QED) is 0.0113. The molecule has 0 fully saturated rings. The van der Waals surface area contributed by atoms with Gasteiger partial charge in [0.1, 0.15) is 49.8 Å². The van der Waals surface area contributed by atoms with E-state index in [-0.39, 0.29) is 84.8 Å². The van der Waals surface area contributed by atoms with Crippen LogP contribution in [0.3, 0.4) is 0 Å². The molecule has 0 saturated heterocycles. The number of hydrogen-bond donors (Lipinski definition) is 12. The number of azo groups is 4. The second kappa shape index (κ2) is 33.0. The van der Waals surface area contributed by atoms with Gasteiger partial charge in [-0.05, 0) is 195 Å². The summed E-state index contributed by atoms with van der Waals surface area (Å²) in [6.45, 7) is 12.6. The maximum atomic E-state index is 12.2. The van der Waals surface area contributed by atoms with Crippen LogP contribution in [0.2, 0.25) is 0 Å². The first-order chi connectivity index (χ1) is 48.3. The van der Waals surface area contributed by atoms with Crippen molar-refractivity contribution < 1.29 is 99.5 Å². The van der Waals surface area contributed by atoms with Gasteiger partial charge in [0.15, 0.2) is 22.9 Å². The molecule has 0 amide bonds. The Kier molecular flexibility index (Phi) is 25.5. The molecule has 547 valence electrons. The summed E-state index contributed by atoms with van der Waals surface area (Å²) in [7, 11) is -17.0. The molecular weight excluding hydrogens is 1480 g/mol. The minimum atomic E-state index is -4.82. The predicted molar refractivity (Wildman–Crippen MR) is 386 cm³/mol. The third-order valence-electron chi connectivity index (χ3n) is 15.2. The Morgan fingerprint density at radius 1 is 0.500 bits per heavy atom. The smallest absolute Gasteiger partial charge is 0.299 e. The van der Waals surface area contributed by atoms with Crippen molar-refractivity contribution in [2.75, 3.05) is 18.5 Å². The molecule has 0 unspecified atom stereocenters. The van der Waals surface area contributed by atoms with E-state index in [1.807, 2.05) is 57.2 Å². The second-order valence-corrected chi connectivity index (χ2v) is 28.4. The number of rotatable bonds is 15. The molecular formula is C68H66CuN12O19S4. The molecule has 0 aliphatic carbocycles.